The van der Waals surface area contributed by atoms with E-state index in [2.05, 4.69) is 36.9 Å². The van der Waals surface area contributed by atoms with E-state index in [1.165, 1.54) is 11.1 Å². The van der Waals surface area contributed by atoms with Crippen LogP contribution in [0.1, 0.15) is 34.7 Å². The fourth-order valence-corrected chi connectivity index (χ4v) is 4.15. The van der Waals surface area contributed by atoms with E-state index in [1.807, 2.05) is 24.3 Å². The highest BCUT2D eigenvalue weighted by Gasteiger charge is 2.34. The lowest BCUT2D eigenvalue weighted by atomic mass is 9.95. The zero-order valence-corrected chi connectivity index (χ0v) is 17.9. The Bertz CT molecular complexity index is 933. The molecule has 0 saturated carbocycles. The zero-order chi connectivity index (χ0) is 21.1. The Morgan fingerprint density at radius 3 is 2.53 bits per heavy atom. The highest BCUT2D eigenvalue weighted by molar-refractivity contribution is 6.04. The predicted octanol–water partition coefficient (Wildman–Crippen LogP) is 3.32. The molecule has 0 spiro atoms. The van der Waals surface area contributed by atoms with Crippen molar-refractivity contribution < 1.29 is 14.3 Å². The van der Waals surface area contributed by atoms with Crippen molar-refractivity contribution in [3.63, 3.8) is 0 Å². The first-order chi connectivity index (χ1) is 14.5. The lowest BCUT2D eigenvalue weighted by molar-refractivity contribution is -0.135. The molecule has 2 aliphatic rings. The van der Waals surface area contributed by atoms with Crippen LogP contribution in [0, 0.1) is 13.8 Å². The van der Waals surface area contributed by atoms with Gasteiger partial charge in [-0.25, -0.2) is 5.01 Å². The van der Waals surface area contributed by atoms with Gasteiger partial charge in [-0.1, -0.05) is 35.9 Å². The van der Waals surface area contributed by atoms with Gasteiger partial charge in [-0.3, -0.25) is 9.69 Å². The van der Waals surface area contributed by atoms with E-state index < -0.39 is 0 Å². The number of rotatable bonds is 5. The minimum Gasteiger partial charge on any atom is -0.497 e. The monoisotopic (exact) mass is 407 g/mol. The first kappa shape index (κ1) is 20.6. The number of morpholine rings is 1. The Kier molecular flexibility index (Phi) is 6.16. The van der Waals surface area contributed by atoms with Crippen molar-refractivity contribution in [2.45, 2.75) is 26.3 Å². The smallest absolute Gasteiger partial charge is 0.257 e. The molecule has 6 heteroatoms. The number of benzene rings is 2. The van der Waals surface area contributed by atoms with Crippen molar-refractivity contribution >= 4 is 11.6 Å². The highest BCUT2D eigenvalue weighted by atomic mass is 16.5. The molecular weight excluding hydrogens is 378 g/mol. The molecule has 30 heavy (non-hydrogen) atoms. The van der Waals surface area contributed by atoms with Gasteiger partial charge in [0.2, 0.25) is 0 Å². The van der Waals surface area contributed by atoms with Gasteiger partial charge in [0.25, 0.3) is 5.91 Å². The lowest BCUT2D eigenvalue weighted by Gasteiger charge is -2.29. The average Bonchev–Trinajstić information content (AvgIpc) is 3.20. The molecule has 2 aromatic carbocycles. The summed E-state index contributed by atoms with van der Waals surface area (Å²) in [5.74, 6) is 0.830. The molecule has 2 heterocycles. The Morgan fingerprint density at radius 2 is 1.87 bits per heavy atom. The third-order valence-corrected chi connectivity index (χ3v) is 5.82. The largest absolute Gasteiger partial charge is 0.497 e. The van der Waals surface area contributed by atoms with E-state index in [-0.39, 0.29) is 11.9 Å². The summed E-state index contributed by atoms with van der Waals surface area (Å²) in [4.78, 5) is 15.4. The van der Waals surface area contributed by atoms with Gasteiger partial charge in [0, 0.05) is 25.1 Å². The minimum atomic E-state index is -0.111. The first-order valence-electron chi connectivity index (χ1n) is 10.5. The number of carbonyl (C=O) groups is 1. The van der Waals surface area contributed by atoms with Crippen molar-refractivity contribution in [3.05, 3.63) is 64.7 Å². The zero-order valence-electron chi connectivity index (χ0n) is 17.9. The Hall–Kier alpha value is -2.70. The minimum absolute atomic E-state index is 0.0254. The number of ether oxygens (including phenoxy) is 2. The van der Waals surface area contributed by atoms with E-state index in [9.17, 15) is 4.79 Å². The Morgan fingerprint density at radius 1 is 1.13 bits per heavy atom. The second kappa shape index (κ2) is 8.98. The number of amides is 1. The fourth-order valence-electron chi connectivity index (χ4n) is 4.15. The third kappa shape index (κ3) is 4.40. The Balaban J connectivity index is 1.62. The number of hydrogen-bond acceptors (Lipinski definition) is 5. The maximum atomic E-state index is 13.2. The van der Waals surface area contributed by atoms with Crippen LogP contribution in [-0.2, 0) is 9.53 Å². The van der Waals surface area contributed by atoms with Crippen LogP contribution >= 0.6 is 0 Å². The fraction of sp³-hybridized carbons (Fsp3) is 0.417. The molecule has 1 atom stereocenters. The third-order valence-electron chi connectivity index (χ3n) is 5.82. The van der Waals surface area contributed by atoms with Crippen LogP contribution in [0.2, 0.25) is 0 Å². The van der Waals surface area contributed by atoms with Crippen LogP contribution in [0.5, 0.6) is 5.75 Å². The molecule has 4 rings (SSSR count). The van der Waals surface area contributed by atoms with Crippen LogP contribution in [0.15, 0.2) is 47.6 Å². The molecule has 6 nitrogen and oxygen atoms in total. The van der Waals surface area contributed by atoms with Crippen molar-refractivity contribution in [2.24, 2.45) is 5.10 Å². The molecule has 2 aromatic rings. The molecule has 1 unspecified atom stereocenters. The summed E-state index contributed by atoms with van der Waals surface area (Å²) in [6, 6.07) is 14.2. The van der Waals surface area contributed by atoms with Crippen LogP contribution in [-0.4, -0.2) is 61.5 Å². The second-order valence-electron chi connectivity index (χ2n) is 7.98. The summed E-state index contributed by atoms with van der Waals surface area (Å²) in [5.41, 5.74) is 5.55. The van der Waals surface area contributed by atoms with Gasteiger partial charge < -0.3 is 9.47 Å². The maximum Gasteiger partial charge on any atom is 0.257 e. The van der Waals surface area contributed by atoms with Crippen molar-refractivity contribution in [1.29, 1.82) is 0 Å². The van der Waals surface area contributed by atoms with E-state index in [0.29, 0.717) is 26.2 Å². The van der Waals surface area contributed by atoms with E-state index >= 15 is 0 Å². The molecule has 0 aliphatic carbocycles. The van der Waals surface area contributed by atoms with E-state index in [0.717, 1.165) is 35.7 Å². The van der Waals surface area contributed by atoms with Crippen molar-refractivity contribution in [1.82, 2.24) is 9.91 Å². The van der Waals surface area contributed by atoms with Gasteiger partial charge in [-0.15, -0.1) is 0 Å². The van der Waals surface area contributed by atoms with Gasteiger partial charge in [0.15, 0.2) is 0 Å². The number of methoxy groups -OCH3 is 1. The summed E-state index contributed by atoms with van der Waals surface area (Å²) in [7, 11) is 1.66. The van der Waals surface area contributed by atoms with E-state index in [1.54, 1.807) is 12.1 Å². The number of hydrogen-bond donors (Lipinski definition) is 0. The summed E-state index contributed by atoms with van der Waals surface area (Å²) < 4.78 is 10.7. The van der Waals surface area contributed by atoms with Gasteiger partial charge in [0.05, 0.1) is 38.6 Å². The topological polar surface area (TPSA) is 54.4 Å². The normalized spacial score (nSPS) is 19.6. The SMILES string of the molecule is COc1ccc(C2CC(c3ccc(C)cc3C)=NN2C(=O)CN2CCOCC2)cc1. The molecule has 1 fully saturated rings. The maximum absolute atomic E-state index is 13.2. The Labute approximate surface area is 178 Å². The van der Waals surface area contributed by atoms with Crippen molar-refractivity contribution in [3.8, 4) is 5.75 Å². The summed E-state index contributed by atoms with van der Waals surface area (Å²) in [6.07, 6.45) is 0.699. The molecule has 1 saturated heterocycles. The summed E-state index contributed by atoms with van der Waals surface area (Å²) >= 11 is 0. The molecule has 2 aliphatic heterocycles. The van der Waals surface area contributed by atoms with Crippen LogP contribution in [0.4, 0.5) is 0 Å². The summed E-state index contributed by atoms with van der Waals surface area (Å²) in [5, 5.41) is 6.51. The highest BCUT2D eigenvalue weighted by Crippen LogP contribution is 2.34. The molecule has 0 N–H and O–H groups in total. The van der Waals surface area contributed by atoms with E-state index in [4.69, 9.17) is 14.6 Å². The van der Waals surface area contributed by atoms with Gasteiger partial charge in [0.1, 0.15) is 5.75 Å². The lowest BCUT2D eigenvalue weighted by Crippen LogP contribution is -2.43. The average molecular weight is 408 g/mol. The van der Waals surface area contributed by atoms with Gasteiger partial charge >= 0.3 is 0 Å². The van der Waals surface area contributed by atoms with Crippen LogP contribution < -0.4 is 4.74 Å². The number of hydrazone groups is 1. The predicted molar refractivity (Wildman–Crippen MR) is 117 cm³/mol. The standard InChI is InChI=1S/C24H29N3O3/c1-17-4-9-21(18(2)14-17)22-15-23(19-5-7-20(29-3)8-6-19)27(25-22)24(28)16-26-10-12-30-13-11-26/h4-9,14,23H,10-13,15-16H2,1-3H3. The molecule has 0 radical (unpaired) electrons. The molecule has 0 bridgehead atoms. The summed E-state index contributed by atoms with van der Waals surface area (Å²) in [6.45, 7) is 7.45. The molecule has 1 amide bonds. The number of carbonyl (C=O) groups excluding carboxylic acids is 1. The van der Waals surface area contributed by atoms with Gasteiger partial charge in [-0.05, 0) is 37.1 Å². The van der Waals surface area contributed by atoms with Crippen LogP contribution in [0.3, 0.4) is 0 Å². The first-order valence-corrected chi connectivity index (χ1v) is 10.5. The number of nitrogens with zero attached hydrogens (tertiary/aromatic N) is 3. The van der Waals surface area contributed by atoms with Gasteiger partial charge in [-0.2, -0.15) is 5.10 Å². The number of aryl methyl sites for hydroxylation is 2. The van der Waals surface area contributed by atoms with Crippen LogP contribution in [0.25, 0.3) is 0 Å². The quantitative estimate of drug-likeness (QED) is 0.763. The second-order valence-corrected chi connectivity index (χ2v) is 7.98. The molecule has 158 valence electrons. The van der Waals surface area contributed by atoms with Crippen molar-refractivity contribution in [2.75, 3.05) is 40.0 Å². The molecule has 0 aromatic heterocycles. The molecular formula is C24H29N3O3.